The minimum atomic E-state index is -0.941. The molecule has 6 nitrogen and oxygen atoms in total. The van der Waals surface area contributed by atoms with Crippen molar-refractivity contribution in [1.82, 2.24) is 4.98 Å². The summed E-state index contributed by atoms with van der Waals surface area (Å²) >= 11 is 0. The van der Waals surface area contributed by atoms with E-state index in [1.54, 1.807) is 12.1 Å². The SMILES string of the molecule is Nc1ccc(NCC(=O)O)nc1OCC1CC1. The van der Waals surface area contributed by atoms with Crippen LogP contribution in [0.2, 0.25) is 0 Å². The fourth-order valence-electron chi connectivity index (χ4n) is 1.31. The summed E-state index contributed by atoms with van der Waals surface area (Å²) in [6.45, 7) is 0.443. The summed E-state index contributed by atoms with van der Waals surface area (Å²) < 4.78 is 5.48. The number of nitrogens with two attached hydrogens (primary N) is 1. The smallest absolute Gasteiger partial charge is 0.322 e. The van der Waals surface area contributed by atoms with Gasteiger partial charge in [-0.15, -0.1) is 0 Å². The molecular formula is C11H15N3O3. The van der Waals surface area contributed by atoms with Gasteiger partial charge in [-0.1, -0.05) is 0 Å². The summed E-state index contributed by atoms with van der Waals surface area (Å²) in [6, 6.07) is 3.28. The summed E-state index contributed by atoms with van der Waals surface area (Å²) in [5.74, 6) is 0.496. The van der Waals surface area contributed by atoms with Crippen LogP contribution in [0.3, 0.4) is 0 Å². The van der Waals surface area contributed by atoms with Crippen molar-refractivity contribution in [2.45, 2.75) is 12.8 Å². The van der Waals surface area contributed by atoms with Crippen LogP contribution >= 0.6 is 0 Å². The van der Waals surface area contributed by atoms with Gasteiger partial charge in [0.05, 0.1) is 12.3 Å². The Kier molecular flexibility index (Phi) is 3.32. The molecule has 92 valence electrons. The van der Waals surface area contributed by atoms with E-state index in [2.05, 4.69) is 10.3 Å². The number of carbonyl (C=O) groups is 1. The standard InChI is InChI=1S/C11H15N3O3/c12-8-3-4-9(13-5-10(15)16)14-11(8)17-6-7-1-2-7/h3-4,7H,1-2,5-6,12H2,(H,13,14)(H,15,16). The van der Waals surface area contributed by atoms with Crippen molar-refractivity contribution < 1.29 is 14.6 Å². The second-order valence-electron chi connectivity index (χ2n) is 4.09. The molecule has 4 N–H and O–H groups in total. The van der Waals surface area contributed by atoms with Crippen LogP contribution in [0.4, 0.5) is 11.5 Å². The molecule has 0 bridgehead atoms. The van der Waals surface area contributed by atoms with E-state index in [0.717, 1.165) is 0 Å². The molecule has 1 aromatic heterocycles. The highest BCUT2D eigenvalue weighted by Gasteiger charge is 2.22. The normalized spacial score (nSPS) is 14.4. The Labute approximate surface area is 98.8 Å². The van der Waals surface area contributed by atoms with Crippen molar-refractivity contribution in [3.05, 3.63) is 12.1 Å². The highest BCUT2D eigenvalue weighted by atomic mass is 16.5. The van der Waals surface area contributed by atoms with Crippen LogP contribution in [0.25, 0.3) is 0 Å². The van der Waals surface area contributed by atoms with Crippen molar-refractivity contribution in [1.29, 1.82) is 0 Å². The molecule has 1 saturated carbocycles. The van der Waals surface area contributed by atoms with Gasteiger partial charge in [0.2, 0.25) is 5.88 Å². The van der Waals surface area contributed by atoms with Crippen LogP contribution in [-0.2, 0) is 4.79 Å². The number of nitrogens with one attached hydrogen (secondary N) is 1. The first-order valence-corrected chi connectivity index (χ1v) is 5.50. The maximum atomic E-state index is 10.4. The Morgan fingerprint density at radius 2 is 2.35 bits per heavy atom. The number of carboxylic acid groups (broad SMARTS) is 1. The van der Waals surface area contributed by atoms with Gasteiger partial charge in [-0.2, -0.15) is 4.98 Å². The fourth-order valence-corrected chi connectivity index (χ4v) is 1.31. The third-order valence-electron chi connectivity index (χ3n) is 2.46. The van der Waals surface area contributed by atoms with Crippen molar-refractivity contribution in [2.75, 3.05) is 24.2 Å². The van der Waals surface area contributed by atoms with Gasteiger partial charge in [-0.3, -0.25) is 4.79 Å². The third-order valence-corrected chi connectivity index (χ3v) is 2.46. The topological polar surface area (TPSA) is 97.5 Å². The molecule has 1 aromatic rings. The Morgan fingerprint density at radius 1 is 1.59 bits per heavy atom. The first-order chi connectivity index (χ1) is 8.15. The second-order valence-corrected chi connectivity index (χ2v) is 4.09. The number of hydrogen-bond acceptors (Lipinski definition) is 5. The predicted molar refractivity (Wildman–Crippen MR) is 63.0 cm³/mol. The molecular weight excluding hydrogens is 222 g/mol. The Bertz CT molecular complexity index is 418. The zero-order valence-corrected chi connectivity index (χ0v) is 9.35. The maximum Gasteiger partial charge on any atom is 0.322 e. The molecule has 0 saturated heterocycles. The summed E-state index contributed by atoms with van der Waals surface area (Å²) in [6.07, 6.45) is 2.38. The summed E-state index contributed by atoms with van der Waals surface area (Å²) in [4.78, 5) is 14.5. The van der Waals surface area contributed by atoms with E-state index < -0.39 is 5.97 Å². The minimum Gasteiger partial charge on any atom is -0.480 e. The lowest BCUT2D eigenvalue weighted by molar-refractivity contribution is -0.134. The van der Waals surface area contributed by atoms with Crippen LogP contribution in [0.1, 0.15) is 12.8 Å². The number of pyridine rings is 1. The lowest BCUT2D eigenvalue weighted by Crippen LogP contribution is -2.14. The van der Waals surface area contributed by atoms with E-state index in [4.69, 9.17) is 15.6 Å². The molecule has 6 heteroatoms. The number of hydrogen-bond donors (Lipinski definition) is 3. The van der Waals surface area contributed by atoms with E-state index in [9.17, 15) is 4.79 Å². The van der Waals surface area contributed by atoms with Crippen molar-refractivity contribution in [3.8, 4) is 5.88 Å². The molecule has 1 fully saturated rings. The Morgan fingerprint density at radius 3 is 3.00 bits per heavy atom. The predicted octanol–water partition coefficient (Wildman–Crippen LogP) is 0.949. The number of ether oxygens (including phenoxy) is 1. The quantitative estimate of drug-likeness (QED) is 0.681. The molecule has 1 aliphatic carbocycles. The van der Waals surface area contributed by atoms with Gasteiger partial charge in [0.15, 0.2) is 0 Å². The molecule has 17 heavy (non-hydrogen) atoms. The number of anilines is 2. The van der Waals surface area contributed by atoms with Gasteiger partial charge in [-0.05, 0) is 30.9 Å². The zero-order valence-electron chi connectivity index (χ0n) is 9.35. The maximum absolute atomic E-state index is 10.4. The van der Waals surface area contributed by atoms with E-state index in [-0.39, 0.29) is 6.54 Å². The van der Waals surface area contributed by atoms with Crippen molar-refractivity contribution in [2.24, 2.45) is 5.92 Å². The van der Waals surface area contributed by atoms with E-state index >= 15 is 0 Å². The first-order valence-electron chi connectivity index (χ1n) is 5.50. The van der Waals surface area contributed by atoms with E-state index in [1.165, 1.54) is 12.8 Å². The van der Waals surface area contributed by atoms with Gasteiger partial charge in [-0.25, -0.2) is 0 Å². The Hall–Kier alpha value is -1.98. The van der Waals surface area contributed by atoms with Gasteiger partial charge in [0, 0.05) is 0 Å². The van der Waals surface area contributed by atoms with Crippen molar-refractivity contribution >= 4 is 17.5 Å². The minimum absolute atomic E-state index is 0.182. The van der Waals surface area contributed by atoms with Crippen LogP contribution in [-0.4, -0.2) is 29.2 Å². The molecule has 1 heterocycles. The zero-order chi connectivity index (χ0) is 12.3. The monoisotopic (exact) mass is 237 g/mol. The molecule has 0 amide bonds. The van der Waals surface area contributed by atoms with Gasteiger partial charge in [0.1, 0.15) is 12.4 Å². The van der Waals surface area contributed by atoms with Crippen LogP contribution in [0, 0.1) is 5.92 Å². The highest BCUT2D eigenvalue weighted by molar-refractivity contribution is 5.72. The number of nitrogen functional groups attached to an aromatic ring is 1. The van der Waals surface area contributed by atoms with Crippen molar-refractivity contribution in [3.63, 3.8) is 0 Å². The summed E-state index contributed by atoms with van der Waals surface area (Å²) in [5, 5.41) is 11.2. The second kappa shape index (κ2) is 4.90. The number of aromatic nitrogens is 1. The lowest BCUT2D eigenvalue weighted by Gasteiger charge is -2.09. The fraction of sp³-hybridized carbons (Fsp3) is 0.455. The molecule has 1 aliphatic rings. The third kappa shape index (κ3) is 3.51. The average molecular weight is 237 g/mol. The molecule has 0 atom stereocenters. The van der Waals surface area contributed by atoms with Gasteiger partial charge < -0.3 is 20.9 Å². The molecule has 2 rings (SSSR count). The van der Waals surface area contributed by atoms with E-state index in [0.29, 0.717) is 29.9 Å². The van der Waals surface area contributed by atoms with Crippen LogP contribution < -0.4 is 15.8 Å². The number of rotatable bonds is 6. The average Bonchev–Trinajstić information content (AvgIpc) is 3.10. The summed E-state index contributed by atoms with van der Waals surface area (Å²) in [5.41, 5.74) is 6.18. The van der Waals surface area contributed by atoms with Gasteiger partial charge in [0.25, 0.3) is 0 Å². The van der Waals surface area contributed by atoms with Gasteiger partial charge >= 0.3 is 5.97 Å². The lowest BCUT2D eigenvalue weighted by atomic mass is 10.4. The summed E-state index contributed by atoms with van der Waals surface area (Å²) in [7, 11) is 0. The van der Waals surface area contributed by atoms with Crippen LogP contribution in [0.15, 0.2) is 12.1 Å². The van der Waals surface area contributed by atoms with Crippen LogP contribution in [0.5, 0.6) is 5.88 Å². The molecule has 0 spiro atoms. The largest absolute Gasteiger partial charge is 0.480 e. The highest BCUT2D eigenvalue weighted by Crippen LogP contribution is 2.30. The van der Waals surface area contributed by atoms with E-state index in [1.807, 2.05) is 0 Å². The molecule has 0 radical (unpaired) electrons. The first kappa shape index (κ1) is 11.5. The molecule has 0 unspecified atom stereocenters. The molecule has 0 aliphatic heterocycles. The molecule has 0 aromatic carbocycles. The number of aliphatic carboxylic acids is 1. The number of nitrogens with zero attached hydrogens (tertiary/aromatic N) is 1. The number of carboxylic acids is 1. The Balaban J connectivity index is 1.97.